The van der Waals surface area contributed by atoms with E-state index in [0.29, 0.717) is 16.2 Å². The number of hydrogen-bond acceptors (Lipinski definition) is 3. The minimum Gasteiger partial charge on any atom is -0.489 e. The lowest BCUT2D eigenvalue weighted by molar-refractivity contribution is 0.243. The highest BCUT2D eigenvalue weighted by Crippen LogP contribution is 2.32. The van der Waals surface area contributed by atoms with Gasteiger partial charge in [0.2, 0.25) is 0 Å². The highest BCUT2D eigenvalue weighted by Gasteiger charge is 2.13. The van der Waals surface area contributed by atoms with Crippen LogP contribution in [-0.2, 0) is 0 Å². The molecule has 0 atom stereocenters. The molecule has 2 rings (SSSR count). The summed E-state index contributed by atoms with van der Waals surface area (Å²) in [5, 5.41) is 20.5. The van der Waals surface area contributed by atoms with Gasteiger partial charge in [0.05, 0.1) is 11.1 Å². The molecule has 2 aromatic carbocycles. The van der Waals surface area contributed by atoms with E-state index in [2.05, 4.69) is 0 Å². The van der Waals surface area contributed by atoms with Crippen molar-refractivity contribution in [2.45, 2.75) is 20.0 Å². The largest absolute Gasteiger partial charge is 0.489 e. The van der Waals surface area contributed by atoms with Crippen molar-refractivity contribution in [3.05, 3.63) is 35.4 Å². The summed E-state index contributed by atoms with van der Waals surface area (Å²) in [7, 11) is -1.47. The van der Waals surface area contributed by atoms with Gasteiger partial charge in [-0.25, -0.2) is 0 Å². The van der Waals surface area contributed by atoms with Crippen molar-refractivity contribution in [2.75, 3.05) is 0 Å². The molecule has 0 heterocycles. The molecule has 94 valence electrons. The van der Waals surface area contributed by atoms with Crippen molar-refractivity contribution in [1.29, 1.82) is 0 Å². The predicted octanol–water partition coefficient (Wildman–Crippen LogP) is 1.96. The number of hydrogen-bond donors (Lipinski definition) is 2. The van der Waals surface area contributed by atoms with Gasteiger partial charge in [0, 0.05) is 5.39 Å². The summed E-state index contributed by atoms with van der Waals surface area (Å²) in [5.41, 5.74) is 0.441. The second kappa shape index (κ2) is 5.18. The van der Waals surface area contributed by atoms with Gasteiger partial charge in [-0.3, -0.25) is 0 Å². The van der Waals surface area contributed by atoms with Crippen LogP contribution in [0.15, 0.2) is 30.3 Å². The fourth-order valence-corrected chi connectivity index (χ4v) is 2.08. The Kier molecular flexibility index (Phi) is 3.80. The van der Waals surface area contributed by atoms with Crippen LogP contribution < -0.4 is 10.2 Å². The second-order valence-corrected chi connectivity index (χ2v) is 4.78. The standard InChI is InChI=1S/C13H14BClO3/c1-8(2)18-12-6-3-9-7-10(14(16)17)4-5-11(9)13(12)15/h3-8,16-17H,1-2H3. The third-order valence-corrected chi connectivity index (χ3v) is 2.99. The van der Waals surface area contributed by atoms with Crippen molar-refractivity contribution in [3.63, 3.8) is 0 Å². The predicted molar refractivity (Wildman–Crippen MR) is 74.5 cm³/mol. The van der Waals surface area contributed by atoms with Gasteiger partial charge in [-0.1, -0.05) is 35.9 Å². The molecule has 0 aliphatic rings. The summed E-state index contributed by atoms with van der Waals surface area (Å²) >= 11 is 6.27. The molecule has 0 fully saturated rings. The van der Waals surface area contributed by atoms with E-state index in [9.17, 15) is 0 Å². The van der Waals surface area contributed by atoms with Crippen LogP contribution in [-0.4, -0.2) is 23.3 Å². The number of halogens is 1. The average Bonchev–Trinajstić information content (AvgIpc) is 2.32. The Labute approximate surface area is 111 Å². The SMILES string of the molecule is CC(C)Oc1ccc2cc(B(O)O)ccc2c1Cl. The summed E-state index contributed by atoms with van der Waals surface area (Å²) < 4.78 is 5.60. The molecule has 0 spiro atoms. The smallest absolute Gasteiger partial charge is 0.488 e. The van der Waals surface area contributed by atoms with E-state index in [1.807, 2.05) is 19.9 Å². The maximum absolute atomic E-state index is 9.12. The van der Waals surface area contributed by atoms with Crippen LogP contribution in [0.5, 0.6) is 5.75 Å². The molecule has 0 bridgehead atoms. The molecule has 2 aromatic rings. The Morgan fingerprint density at radius 3 is 2.50 bits per heavy atom. The molecule has 0 radical (unpaired) electrons. The number of fused-ring (bicyclic) bond motifs is 1. The Balaban J connectivity index is 2.52. The summed E-state index contributed by atoms with van der Waals surface area (Å²) in [4.78, 5) is 0. The van der Waals surface area contributed by atoms with Gasteiger partial charge in [0.15, 0.2) is 0 Å². The monoisotopic (exact) mass is 264 g/mol. The Morgan fingerprint density at radius 1 is 1.17 bits per heavy atom. The zero-order valence-electron chi connectivity index (χ0n) is 10.2. The van der Waals surface area contributed by atoms with Crippen LogP contribution in [0.25, 0.3) is 10.8 Å². The molecule has 5 heteroatoms. The highest BCUT2D eigenvalue weighted by molar-refractivity contribution is 6.59. The van der Waals surface area contributed by atoms with Crippen LogP contribution >= 0.6 is 11.6 Å². The van der Waals surface area contributed by atoms with E-state index in [0.717, 1.165) is 10.8 Å². The number of rotatable bonds is 3. The summed E-state index contributed by atoms with van der Waals surface area (Å²) in [6.45, 7) is 3.87. The van der Waals surface area contributed by atoms with Gasteiger partial charge >= 0.3 is 7.12 Å². The van der Waals surface area contributed by atoms with E-state index in [1.54, 1.807) is 24.3 Å². The Hall–Kier alpha value is -1.23. The second-order valence-electron chi connectivity index (χ2n) is 4.40. The highest BCUT2D eigenvalue weighted by atomic mass is 35.5. The lowest BCUT2D eigenvalue weighted by Crippen LogP contribution is -2.29. The summed E-state index contributed by atoms with van der Waals surface area (Å²) in [5.74, 6) is 0.636. The number of ether oxygens (including phenoxy) is 1. The molecule has 18 heavy (non-hydrogen) atoms. The maximum Gasteiger partial charge on any atom is 0.488 e. The lowest BCUT2D eigenvalue weighted by Gasteiger charge is -2.13. The molecular formula is C13H14BClO3. The van der Waals surface area contributed by atoms with E-state index in [-0.39, 0.29) is 6.10 Å². The first-order chi connectivity index (χ1) is 8.49. The Bertz CT molecular complexity index is 569. The molecule has 0 amide bonds. The quantitative estimate of drug-likeness (QED) is 0.833. The summed E-state index contributed by atoms with van der Waals surface area (Å²) in [6, 6.07) is 8.74. The average molecular weight is 265 g/mol. The van der Waals surface area contributed by atoms with Crippen LogP contribution in [0.2, 0.25) is 5.02 Å². The lowest BCUT2D eigenvalue weighted by atomic mass is 9.79. The molecule has 0 saturated carbocycles. The molecule has 0 aromatic heterocycles. The van der Waals surface area contributed by atoms with Crippen LogP contribution in [0.4, 0.5) is 0 Å². The maximum atomic E-state index is 9.12. The van der Waals surface area contributed by atoms with Gasteiger partial charge in [-0.05, 0) is 30.8 Å². The first-order valence-electron chi connectivity index (χ1n) is 5.74. The van der Waals surface area contributed by atoms with Crippen LogP contribution in [0, 0.1) is 0 Å². The molecule has 2 N–H and O–H groups in total. The van der Waals surface area contributed by atoms with E-state index in [1.165, 1.54) is 0 Å². The minimum absolute atomic E-state index is 0.0542. The van der Waals surface area contributed by atoms with Gasteiger partial charge < -0.3 is 14.8 Å². The fraction of sp³-hybridized carbons (Fsp3) is 0.231. The van der Waals surface area contributed by atoms with E-state index in [4.69, 9.17) is 26.4 Å². The van der Waals surface area contributed by atoms with E-state index < -0.39 is 7.12 Å². The summed E-state index contributed by atoms with van der Waals surface area (Å²) in [6.07, 6.45) is 0.0542. The van der Waals surface area contributed by atoms with E-state index >= 15 is 0 Å². The van der Waals surface area contributed by atoms with Crippen molar-refractivity contribution >= 4 is 35.0 Å². The first kappa shape index (κ1) is 13.2. The fourth-order valence-electron chi connectivity index (χ4n) is 1.80. The van der Waals surface area contributed by atoms with Crippen molar-refractivity contribution in [1.82, 2.24) is 0 Å². The molecule has 3 nitrogen and oxygen atoms in total. The zero-order valence-corrected chi connectivity index (χ0v) is 11.0. The van der Waals surface area contributed by atoms with Crippen molar-refractivity contribution in [3.8, 4) is 5.75 Å². The van der Waals surface area contributed by atoms with Crippen LogP contribution in [0.1, 0.15) is 13.8 Å². The van der Waals surface area contributed by atoms with Gasteiger partial charge in [0.25, 0.3) is 0 Å². The van der Waals surface area contributed by atoms with Gasteiger partial charge in [-0.15, -0.1) is 0 Å². The third kappa shape index (κ3) is 2.61. The molecular weight excluding hydrogens is 250 g/mol. The van der Waals surface area contributed by atoms with Crippen molar-refractivity contribution < 1.29 is 14.8 Å². The molecule has 0 saturated heterocycles. The topological polar surface area (TPSA) is 49.7 Å². The van der Waals surface area contributed by atoms with Gasteiger partial charge in [0.1, 0.15) is 5.75 Å². The van der Waals surface area contributed by atoms with Crippen molar-refractivity contribution in [2.24, 2.45) is 0 Å². The minimum atomic E-state index is -1.47. The normalized spacial score (nSPS) is 11.0. The molecule has 0 aliphatic heterocycles. The third-order valence-electron chi connectivity index (χ3n) is 2.60. The Morgan fingerprint density at radius 2 is 1.89 bits per heavy atom. The van der Waals surface area contributed by atoms with Crippen LogP contribution in [0.3, 0.4) is 0 Å². The first-order valence-corrected chi connectivity index (χ1v) is 6.12. The zero-order chi connectivity index (χ0) is 13.3. The molecule has 0 aliphatic carbocycles. The van der Waals surface area contributed by atoms with Gasteiger partial charge in [-0.2, -0.15) is 0 Å². The number of benzene rings is 2. The molecule has 0 unspecified atom stereocenters.